The van der Waals surface area contributed by atoms with Crippen molar-refractivity contribution in [3.8, 4) is 5.75 Å². The maximum absolute atomic E-state index is 12.6. The summed E-state index contributed by atoms with van der Waals surface area (Å²) in [5, 5.41) is 24.4. The van der Waals surface area contributed by atoms with Crippen LogP contribution in [0.2, 0.25) is 0 Å². The topological polar surface area (TPSA) is 140 Å². The number of aromatic nitrogens is 2. The number of benzene rings is 1. The summed E-state index contributed by atoms with van der Waals surface area (Å²) < 4.78 is 1.19. The van der Waals surface area contributed by atoms with Crippen molar-refractivity contribution in [1.29, 1.82) is 0 Å². The summed E-state index contributed by atoms with van der Waals surface area (Å²) in [6, 6.07) is 3.68. The Bertz CT molecular complexity index is 1180. The van der Waals surface area contributed by atoms with Gasteiger partial charge in [0.15, 0.2) is 5.75 Å². The fraction of sp³-hybridized carbons (Fsp3) is 0.176. The molecule has 0 aliphatic rings. The van der Waals surface area contributed by atoms with E-state index in [1.807, 2.05) is 13.8 Å². The molecule has 0 saturated heterocycles. The van der Waals surface area contributed by atoms with Crippen molar-refractivity contribution in [2.45, 2.75) is 20.4 Å². The molecule has 1 amide bonds. The van der Waals surface area contributed by atoms with Gasteiger partial charge in [0.2, 0.25) is 0 Å². The maximum Gasteiger partial charge on any atom is 0.311 e. The van der Waals surface area contributed by atoms with Gasteiger partial charge in [0.05, 0.1) is 22.9 Å². The van der Waals surface area contributed by atoms with Gasteiger partial charge in [0.25, 0.3) is 11.5 Å². The molecule has 11 heteroatoms. The fourth-order valence-electron chi connectivity index (χ4n) is 2.52. The highest BCUT2D eigenvalue weighted by Crippen LogP contribution is 2.26. The molecule has 28 heavy (non-hydrogen) atoms. The number of hydrogen-bond donors (Lipinski definition) is 2. The molecular weight excluding hydrogens is 386 g/mol. The molecule has 2 heterocycles. The number of hydrazone groups is 1. The molecule has 0 aliphatic carbocycles. The zero-order valence-corrected chi connectivity index (χ0v) is 15.7. The van der Waals surface area contributed by atoms with E-state index in [4.69, 9.17) is 0 Å². The van der Waals surface area contributed by atoms with Crippen LogP contribution < -0.4 is 11.0 Å². The number of carbonyl (C=O) groups is 1. The van der Waals surface area contributed by atoms with E-state index in [1.54, 1.807) is 0 Å². The summed E-state index contributed by atoms with van der Waals surface area (Å²) in [5.74, 6) is -1.02. The van der Waals surface area contributed by atoms with Gasteiger partial charge in [-0.05, 0) is 31.5 Å². The molecule has 3 rings (SSSR count). The molecule has 3 aromatic rings. The van der Waals surface area contributed by atoms with Crippen LogP contribution in [0.5, 0.6) is 5.75 Å². The van der Waals surface area contributed by atoms with Gasteiger partial charge < -0.3 is 5.11 Å². The van der Waals surface area contributed by atoms with Crippen molar-refractivity contribution in [2.75, 3.05) is 0 Å². The van der Waals surface area contributed by atoms with Gasteiger partial charge in [-0.25, -0.2) is 10.4 Å². The third-order valence-corrected chi connectivity index (χ3v) is 5.18. The Labute approximate surface area is 161 Å². The third kappa shape index (κ3) is 3.74. The van der Waals surface area contributed by atoms with Gasteiger partial charge in [0.1, 0.15) is 11.4 Å². The molecule has 144 valence electrons. The van der Waals surface area contributed by atoms with Crippen LogP contribution in [0.3, 0.4) is 0 Å². The largest absolute Gasteiger partial charge is 0.502 e. The minimum Gasteiger partial charge on any atom is -0.502 e. The quantitative estimate of drug-likeness (QED) is 0.380. The van der Waals surface area contributed by atoms with Crippen LogP contribution in [-0.4, -0.2) is 31.7 Å². The lowest BCUT2D eigenvalue weighted by molar-refractivity contribution is -0.385. The second-order valence-corrected chi connectivity index (χ2v) is 7.14. The van der Waals surface area contributed by atoms with Gasteiger partial charge in [-0.2, -0.15) is 5.10 Å². The van der Waals surface area contributed by atoms with Crippen molar-refractivity contribution in [3.63, 3.8) is 0 Å². The van der Waals surface area contributed by atoms with E-state index in [0.29, 0.717) is 15.8 Å². The normalized spacial score (nSPS) is 11.2. The first-order chi connectivity index (χ1) is 13.3. The van der Waals surface area contributed by atoms with Gasteiger partial charge >= 0.3 is 5.69 Å². The summed E-state index contributed by atoms with van der Waals surface area (Å²) in [5.41, 5.74) is 2.64. The van der Waals surface area contributed by atoms with E-state index >= 15 is 0 Å². The molecule has 10 nitrogen and oxygen atoms in total. The average Bonchev–Trinajstić information content (AvgIpc) is 2.93. The number of carbonyl (C=O) groups excluding carboxylic acids is 1. The van der Waals surface area contributed by atoms with Gasteiger partial charge in [-0.3, -0.25) is 24.3 Å². The Balaban J connectivity index is 1.72. The molecule has 0 atom stereocenters. The Morgan fingerprint density at radius 2 is 2.21 bits per heavy atom. The van der Waals surface area contributed by atoms with Crippen molar-refractivity contribution in [1.82, 2.24) is 15.0 Å². The number of phenols is 1. The van der Waals surface area contributed by atoms with E-state index in [-0.39, 0.29) is 12.1 Å². The first-order valence-corrected chi connectivity index (χ1v) is 8.84. The van der Waals surface area contributed by atoms with E-state index in [9.17, 15) is 24.8 Å². The number of aromatic hydroxyl groups is 1. The summed E-state index contributed by atoms with van der Waals surface area (Å²) in [7, 11) is 0. The molecule has 0 radical (unpaired) electrons. The van der Waals surface area contributed by atoms with Crippen LogP contribution in [0.4, 0.5) is 5.69 Å². The van der Waals surface area contributed by atoms with Crippen molar-refractivity contribution in [3.05, 3.63) is 61.0 Å². The van der Waals surface area contributed by atoms with E-state index in [1.165, 1.54) is 34.5 Å². The standard InChI is InChI=1S/C17H15N5O5S/c1-9-10(2)28-16-15(9)17(25)21(8-18-16)7-14(24)20-19-6-11-3-4-13(23)12(5-11)22(26)27/h3-6,8,23H,7H2,1-2H3,(H,20,24). The van der Waals surface area contributed by atoms with Crippen LogP contribution in [0.25, 0.3) is 10.2 Å². The number of hydrogen-bond acceptors (Lipinski definition) is 8. The van der Waals surface area contributed by atoms with Crippen LogP contribution in [-0.2, 0) is 11.3 Å². The van der Waals surface area contributed by atoms with E-state index in [0.717, 1.165) is 22.6 Å². The number of rotatable bonds is 5. The molecule has 2 aromatic heterocycles. The SMILES string of the molecule is Cc1sc2ncn(CC(=O)NN=Cc3ccc(O)c([N+](=O)[O-])c3)c(=O)c2c1C. The molecular formula is C17H15N5O5S. The Morgan fingerprint density at radius 1 is 1.46 bits per heavy atom. The zero-order chi connectivity index (χ0) is 20.4. The average molecular weight is 401 g/mol. The fourth-order valence-corrected chi connectivity index (χ4v) is 3.51. The van der Waals surface area contributed by atoms with Crippen LogP contribution in [0.15, 0.2) is 34.4 Å². The lowest BCUT2D eigenvalue weighted by atomic mass is 10.2. The molecule has 2 N–H and O–H groups in total. The van der Waals surface area contributed by atoms with Crippen LogP contribution >= 0.6 is 11.3 Å². The highest BCUT2D eigenvalue weighted by Gasteiger charge is 2.14. The number of phenolic OH excluding ortho intramolecular Hbond substituents is 1. The summed E-state index contributed by atoms with van der Waals surface area (Å²) in [6.45, 7) is 3.46. The first kappa shape index (κ1) is 19.2. The predicted molar refractivity (Wildman–Crippen MR) is 104 cm³/mol. The third-order valence-electron chi connectivity index (χ3n) is 4.07. The minimum atomic E-state index is -0.727. The molecule has 0 saturated carbocycles. The molecule has 0 fully saturated rings. The van der Waals surface area contributed by atoms with E-state index < -0.39 is 22.3 Å². The second kappa shape index (κ2) is 7.56. The summed E-state index contributed by atoms with van der Waals surface area (Å²) in [4.78, 5) is 40.5. The Kier molecular flexibility index (Phi) is 5.18. The number of thiophene rings is 1. The van der Waals surface area contributed by atoms with Crippen molar-refractivity contribution in [2.24, 2.45) is 5.10 Å². The van der Waals surface area contributed by atoms with Gasteiger partial charge in [0, 0.05) is 16.5 Å². The molecule has 0 bridgehead atoms. The highest BCUT2D eigenvalue weighted by atomic mass is 32.1. The molecule has 0 unspecified atom stereocenters. The van der Waals surface area contributed by atoms with E-state index in [2.05, 4.69) is 15.5 Å². The van der Waals surface area contributed by atoms with Gasteiger partial charge in [-0.1, -0.05) is 0 Å². The maximum atomic E-state index is 12.6. The lowest BCUT2D eigenvalue weighted by Crippen LogP contribution is -2.30. The predicted octanol–water partition coefficient (Wildman–Crippen LogP) is 1.84. The first-order valence-electron chi connectivity index (χ1n) is 8.02. The number of nitro groups is 1. The molecule has 0 aliphatic heterocycles. The smallest absolute Gasteiger partial charge is 0.311 e. The van der Waals surface area contributed by atoms with Crippen molar-refractivity contribution < 1.29 is 14.8 Å². The number of nitrogens with zero attached hydrogens (tertiary/aromatic N) is 4. The number of fused-ring (bicyclic) bond motifs is 1. The van der Waals surface area contributed by atoms with Gasteiger partial charge in [-0.15, -0.1) is 11.3 Å². The van der Waals surface area contributed by atoms with Crippen molar-refractivity contribution >= 4 is 39.4 Å². The number of amides is 1. The molecule has 1 aromatic carbocycles. The highest BCUT2D eigenvalue weighted by molar-refractivity contribution is 7.18. The second-order valence-electron chi connectivity index (χ2n) is 5.94. The Hall–Kier alpha value is -3.60. The zero-order valence-electron chi connectivity index (χ0n) is 14.9. The number of aryl methyl sites for hydroxylation is 2. The summed E-state index contributed by atoms with van der Waals surface area (Å²) in [6.07, 6.45) is 2.51. The van der Waals surface area contributed by atoms with Crippen LogP contribution in [0, 0.1) is 24.0 Å². The lowest BCUT2D eigenvalue weighted by Gasteiger charge is -2.04. The number of nitro benzene ring substituents is 1. The monoisotopic (exact) mass is 401 g/mol. The van der Waals surface area contributed by atoms with Crippen LogP contribution in [0.1, 0.15) is 16.0 Å². The Morgan fingerprint density at radius 3 is 2.93 bits per heavy atom. The minimum absolute atomic E-state index is 0.275. The molecule has 0 spiro atoms. The summed E-state index contributed by atoms with van der Waals surface area (Å²) >= 11 is 1.42. The number of nitrogens with one attached hydrogen (secondary N) is 1.